The third kappa shape index (κ3) is 4.07. The van der Waals surface area contributed by atoms with Crippen LogP contribution in [0.1, 0.15) is 32.5 Å². The van der Waals surface area contributed by atoms with Crippen LogP contribution in [0.3, 0.4) is 0 Å². The maximum Gasteiger partial charge on any atom is 0.255 e. The Balaban J connectivity index is 1.48. The molecule has 1 N–H and O–H groups in total. The van der Waals surface area contributed by atoms with Crippen molar-refractivity contribution >= 4 is 17.5 Å². The van der Waals surface area contributed by atoms with Crippen LogP contribution in [-0.4, -0.2) is 41.0 Å². The molecular formula is C23H23N3O3. The lowest BCUT2D eigenvalue weighted by molar-refractivity contribution is -0.00463. The lowest BCUT2D eigenvalue weighted by Gasteiger charge is -2.36. The van der Waals surface area contributed by atoms with Gasteiger partial charge >= 0.3 is 0 Å². The molecule has 2 amide bonds. The fraction of sp³-hybridized carbons (Fsp3) is 0.217. The Labute approximate surface area is 169 Å². The van der Waals surface area contributed by atoms with Gasteiger partial charge in [-0.1, -0.05) is 18.2 Å². The first-order valence-corrected chi connectivity index (χ1v) is 9.60. The fourth-order valence-electron chi connectivity index (χ4n) is 3.57. The molecule has 0 radical (unpaired) electrons. The molecular weight excluding hydrogens is 366 g/mol. The van der Waals surface area contributed by atoms with Crippen molar-refractivity contribution < 1.29 is 14.3 Å². The second kappa shape index (κ2) is 8.32. The molecule has 2 aromatic carbocycles. The molecule has 6 heteroatoms. The molecule has 0 saturated carbocycles. The number of rotatable bonds is 4. The van der Waals surface area contributed by atoms with Gasteiger partial charge in [0.1, 0.15) is 0 Å². The molecule has 29 heavy (non-hydrogen) atoms. The van der Waals surface area contributed by atoms with Crippen LogP contribution in [0.2, 0.25) is 0 Å². The van der Waals surface area contributed by atoms with Crippen molar-refractivity contribution in [3.8, 4) is 0 Å². The van der Waals surface area contributed by atoms with Crippen LogP contribution in [0.5, 0.6) is 0 Å². The van der Waals surface area contributed by atoms with Crippen molar-refractivity contribution in [3.05, 3.63) is 89.7 Å². The van der Waals surface area contributed by atoms with Gasteiger partial charge in [0.05, 0.1) is 19.3 Å². The number of morpholine rings is 1. The molecule has 0 spiro atoms. The van der Waals surface area contributed by atoms with E-state index in [1.165, 1.54) is 0 Å². The zero-order valence-electron chi connectivity index (χ0n) is 16.2. The van der Waals surface area contributed by atoms with E-state index < -0.39 is 0 Å². The number of hydrogen-bond acceptors (Lipinski definition) is 3. The first kappa shape index (κ1) is 19.0. The molecule has 1 saturated heterocycles. The van der Waals surface area contributed by atoms with E-state index in [9.17, 15) is 9.59 Å². The average molecular weight is 389 g/mol. The number of nitrogens with zero attached hydrogens (tertiary/aromatic N) is 2. The summed E-state index contributed by atoms with van der Waals surface area (Å²) < 4.78 is 7.64. The first-order valence-electron chi connectivity index (χ1n) is 9.60. The maximum atomic E-state index is 13.1. The van der Waals surface area contributed by atoms with Gasteiger partial charge in [0, 0.05) is 42.3 Å². The van der Waals surface area contributed by atoms with Gasteiger partial charge < -0.3 is 19.5 Å². The smallest absolute Gasteiger partial charge is 0.255 e. The number of anilines is 1. The first-order chi connectivity index (χ1) is 14.1. The minimum absolute atomic E-state index is 0.0413. The van der Waals surface area contributed by atoms with Crippen molar-refractivity contribution in [2.75, 3.05) is 25.1 Å². The van der Waals surface area contributed by atoms with Gasteiger partial charge in [-0.15, -0.1) is 0 Å². The summed E-state index contributed by atoms with van der Waals surface area (Å²) in [7, 11) is 1.97. The van der Waals surface area contributed by atoms with Gasteiger partial charge in [0.2, 0.25) is 0 Å². The Morgan fingerprint density at radius 1 is 0.966 bits per heavy atom. The summed E-state index contributed by atoms with van der Waals surface area (Å²) in [5.41, 5.74) is 2.87. The molecule has 0 aliphatic carbocycles. The minimum Gasteiger partial charge on any atom is -0.377 e. The van der Waals surface area contributed by atoms with Gasteiger partial charge in [-0.3, -0.25) is 9.59 Å². The van der Waals surface area contributed by atoms with Crippen LogP contribution < -0.4 is 5.32 Å². The van der Waals surface area contributed by atoms with E-state index >= 15 is 0 Å². The molecule has 1 unspecified atom stereocenters. The van der Waals surface area contributed by atoms with Crippen LogP contribution in [0.25, 0.3) is 0 Å². The number of carbonyl (C=O) groups is 2. The second-order valence-electron chi connectivity index (χ2n) is 7.03. The van der Waals surface area contributed by atoms with Gasteiger partial charge in [-0.25, -0.2) is 0 Å². The number of hydrogen-bond donors (Lipinski definition) is 1. The minimum atomic E-state index is -0.179. The number of nitrogens with one attached hydrogen (secondary N) is 1. The summed E-state index contributed by atoms with van der Waals surface area (Å²) in [6.45, 7) is 1.55. The SMILES string of the molecule is Cn1cccc1C1COCCN1C(=O)c1ccc(NC(=O)c2ccccc2)cc1. The Hall–Kier alpha value is -3.38. The predicted molar refractivity (Wildman–Crippen MR) is 111 cm³/mol. The average Bonchev–Trinajstić information content (AvgIpc) is 3.20. The molecule has 2 heterocycles. The highest BCUT2D eigenvalue weighted by Crippen LogP contribution is 2.26. The Kier molecular flexibility index (Phi) is 5.44. The van der Waals surface area contributed by atoms with E-state index in [0.29, 0.717) is 36.6 Å². The molecule has 6 nitrogen and oxygen atoms in total. The van der Waals surface area contributed by atoms with Crippen LogP contribution in [0.4, 0.5) is 5.69 Å². The molecule has 1 aliphatic rings. The van der Waals surface area contributed by atoms with E-state index in [2.05, 4.69) is 5.32 Å². The van der Waals surface area contributed by atoms with E-state index in [1.807, 2.05) is 53.0 Å². The Morgan fingerprint density at radius 2 is 1.72 bits per heavy atom. The summed E-state index contributed by atoms with van der Waals surface area (Å²) in [6, 6.07) is 19.9. The quantitative estimate of drug-likeness (QED) is 0.743. The van der Waals surface area contributed by atoms with Crippen LogP contribution >= 0.6 is 0 Å². The van der Waals surface area contributed by atoms with Crippen LogP contribution in [-0.2, 0) is 11.8 Å². The van der Waals surface area contributed by atoms with Gasteiger partial charge in [0.25, 0.3) is 11.8 Å². The van der Waals surface area contributed by atoms with E-state index in [4.69, 9.17) is 4.74 Å². The van der Waals surface area contributed by atoms with Crippen molar-refractivity contribution in [2.24, 2.45) is 7.05 Å². The number of benzene rings is 2. The summed E-state index contributed by atoms with van der Waals surface area (Å²) in [6.07, 6.45) is 1.97. The normalized spacial score (nSPS) is 16.4. The van der Waals surface area contributed by atoms with Crippen LogP contribution in [0.15, 0.2) is 72.9 Å². The Morgan fingerprint density at radius 3 is 2.41 bits per heavy atom. The molecule has 1 fully saturated rings. The van der Waals surface area contributed by atoms with Crippen molar-refractivity contribution in [1.29, 1.82) is 0 Å². The Bertz CT molecular complexity index is 996. The summed E-state index contributed by atoms with van der Waals surface area (Å²) in [5, 5.41) is 2.86. The zero-order valence-corrected chi connectivity index (χ0v) is 16.2. The fourth-order valence-corrected chi connectivity index (χ4v) is 3.57. The molecule has 1 aliphatic heterocycles. The van der Waals surface area contributed by atoms with Crippen molar-refractivity contribution in [1.82, 2.24) is 9.47 Å². The predicted octanol–water partition coefficient (Wildman–Crippen LogP) is 3.49. The highest BCUT2D eigenvalue weighted by molar-refractivity contribution is 6.04. The van der Waals surface area contributed by atoms with E-state index in [-0.39, 0.29) is 17.9 Å². The van der Waals surface area contributed by atoms with Crippen molar-refractivity contribution in [2.45, 2.75) is 6.04 Å². The van der Waals surface area contributed by atoms with Crippen LogP contribution in [0, 0.1) is 0 Å². The standard InChI is InChI=1S/C23H23N3O3/c1-25-13-5-8-20(25)21-16-29-15-14-26(21)23(28)18-9-11-19(12-10-18)24-22(27)17-6-3-2-4-7-17/h2-13,21H,14-16H2,1H3,(H,24,27). The van der Waals surface area contributed by atoms with Gasteiger partial charge in [0.15, 0.2) is 0 Å². The third-order valence-corrected chi connectivity index (χ3v) is 5.14. The largest absolute Gasteiger partial charge is 0.377 e. The molecule has 1 aromatic heterocycles. The molecule has 4 rings (SSSR count). The highest BCUT2D eigenvalue weighted by Gasteiger charge is 2.30. The monoisotopic (exact) mass is 389 g/mol. The van der Waals surface area contributed by atoms with Crippen molar-refractivity contribution in [3.63, 3.8) is 0 Å². The number of carbonyl (C=O) groups excluding carboxylic acids is 2. The highest BCUT2D eigenvalue weighted by atomic mass is 16.5. The number of aryl methyl sites for hydroxylation is 1. The van der Waals surface area contributed by atoms with Gasteiger partial charge in [-0.2, -0.15) is 0 Å². The maximum absolute atomic E-state index is 13.1. The molecule has 148 valence electrons. The molecule has 0 bridgehead atoms. The number of ether oxygens (including phenoxy) is 1. The topological polar surface area (TPSA) is 63.6 Å². The second-order valence-corrected chi connectivity index (χ2v) is 7.03. The summed E-state index contributed by atoms with van der Waals surface area (Å²) in [4.78, 5) is 27.3. The zero-order chi connectivity index (χ0) is 20.2. The van der Waals surface area contributed by atoms with E-state index in [0.717, 1.165) is 5.69 Å². The third-order valence-electron chi connectivity index (χ3n) is 5.14. The van der Waals surface area contributed by atoms with Gasteiger partial charge in [-0.05, 0) is 48.5 Å². The molecule has 3 aromatic rings. The lowest BCUT2D eigenvalue weighted by Crippen LogP contribution is -2.44. The van der Waals surface area contributed by atoms with E-state index in [1.54, 1.807) is 36.4 Å². The lowest BCUT2D eigenvalue weighted by atomic mass is 10.1. The molecule has 1 atom stereocenters. The number of amides is 2. The number of aromatic nitrogens is 1. The summed E-state index contributed by atoms with van der Waals surface area (Å²) in [5.74, 6) is -0.220. The summed E-state index contributed by atoms with van der Waals surface area (Å²) >= 11 is 0.